The van der Waals surface area contributed by atoms with Crippen molar-refractivity contribution >= 4 is 0 Å². The molecule has 2 heteroatoms. The number of hydrogen-bond donors (Lipinski definition) is 1. The Labute approximate surface area is 37.4 Å². The van der Waals surface area contributed by atoms with E-state index in [1.165, 1.54) is 13.8 Å². The highest BCUT2D eigenvalue weighted by molar-refractivity contribution is 4.50. The highest BCUT2D eigenvalue weighted by Gasteiger charge is 2.02. The van der Waals surface area contributed by atoms with Crippen LogP contribution in [-0.2, 0) is 5.11 Å². The van der Waals surface area contributed by atoms with Gasteiger partial charge in [0.1, 0.15) is 6.10 Å². The molecule has 0 aliphatic heterocycles. The average molecular weight is 89.1 g/mol. The highest BCUT2D eigenvalue weighted by Crippen LogP contribution is 1.86. The lowest BCUT2D eigenvalue weighted by Crippen LogP contribution is -2.15. The lowest BCUT2D eigenvalue weighted by atomic mass is 10.3. The van der Waals surface area contributed by atoms with Crippen LogP contribution in [0.4, 0.5) is 0 Å². The molecular formula is C4H9O2. The van der Waals surface area contributed by atoms with Crippen LogP contribution in [-0.4, -0.2) is 17.3 Å². The first kappa shape index (κ1) is 5.92. The quantitative estimate of drug-likeness (QED) is 0.489. The van der Waals surface area contributed by atoms with Gasteiger partial charge in [0, 0.05) is 0 Å². The van der Waals surface area contributed by atoms with Crippen LogP contribution in [0.2, 0.25) is 0 Å². The molecular weight excluding hydrogens is 80.0 g/mol. The largest absolute Gasteiger partial charge is 0.391 e. The van der Waals surface area contributed by atoms with E-state index in [-0.39, 0.29) is 0 Å². The third-order valence-corrected chi connectivity index (χ3v) is 0.679. The van der Waals surface area contributed by atoms with Crippen molar-refractivity contribution in [2.45, 2.75) is 26.1 Å². The maximum atomic E-state index is 9.98. The Balaban J connectivity index is 2.99. The number of aliphatic hydroxyl groups is 1. The Bertz CT molecular complexity index is 26.5. The molecule has 0 amide bonds. The van der Waals surface area contributed by atoms with Gasteiger partial charge in [-0.05, 0) is 13.8 Å². The maximum absolute atomic E-state index is 9.98. The Morgan fingerprint density at radius 3 is 1.67 bits per heavy atom. The van der Waals surface area contributed by atoms with Crippen LogP contribution in [0.25, 0.3) is 0 Å². The van der Waals surface area contributed by atoms with Gasteiger partial charge < -0.3 is 5.11 Å². The van der Waals surface area contributed by atoms with Gasteiger partial charge in [0.05, 0.1) is 6.10 Å². The second-order valence-corrected chi connectivity index (χ2v) is 1.45. The van der Waals surface area contributed by atoms with Gasteiger partial charge in [-0.15, -0.1) is 0 Å². The van der Waals surface area contributed by atoms with Crippen LogP contribution in [0.3, 0.4) is 0 Å². The van der Waals surface area contributed by atoms with Crippen LogP contribution in [0, 0.1) is 0 Å². The van der Waals surface area contributed by atoms with E-state index in [0.717, 1.165) is 0 Å². The molecule has 0 heterocycles. The first-order chi connectivity index (χ1) is 2.64. The van der Waals surface area contributed by atoms with Crippen molar-refractivity contribution in [3.8, 4) is 0 Å². The van der Waals surface area contributed by atoms with Gasteiger partial charge in [0.15, 0.2) is 0 Å². The average Bonchev–Trinajstić information content (AvgIpc) is 1.36. The molecule has 0 aromatic heterocycles. The zero-order valence-corrected chi connectivity index (χ0v) is 4.01. The van der Waals surface area contributed by atoms with E-state index in [1.807, 2.05) is 0 Å². The molecule has 0 aromatic rings. The van der Waals surface area contributed by atoms with Gasteiger partial charge in [-0.2, -0.15) is 0 Å². The summed E-state index contributed by atoms with van der Waals surface area (Å²) in [5, 5.41) is 18.3. The Hall–Kier alpha value is -0.0800. The van der Waals surface area contributed by atoms with Gasteiger partial charge in [-0.1, -0.05) is 0 Å². The highest BCUT2D eigenvalue weighted by atomic mass is 16.3. The van der Waals surface area contributed by atoms with E-state index in [9.17, 15) is 5.11 Å². The van der Waals surface area contributed by atoms with E-state index in [2.05, 4.69) is 0 Å². The summed E-state index contributed by atoms with van der Waals surface area (Å²) in [6.07, 6.45) is -1.55. The van der Waals surface area contributed by atoms with Crippen LogP contribution >= 0.6 is 0 Å². The first-order valence-corrected chi connectivity index (χ1v) is 1.98. The van der Waals surface area contributed by atoms with E-state index < -0.39 is 12.2 Å². The Morgan fingerprint density at radius 1 is 1.50 bits per heavy atom. The summed E-state index contributed by atoms with van der Waals surface area (Å²) in [7, 11) is 0. The normalized spacial score (nSPS) is 20.0. The molecule has 0 aliphatic carbocycles. The van der Waals surface area contributed by atoms with Crippen LogP contribution in [0.15, 0.2) is 0 Å². The van der Waals surface area contributed by atoms with Crippen molar-refractivity contribution in [3.05, 3.63) is 0 Å². The molecule has 0 saturated carbocycles. The molecule has 37 valence electrons. The Kier molecular flexibility index (Phi) is 2.13. The molecule has 0 saturated heterocycles. The van der Waals surface area contributed by atoms with E-state index in [4.69, 9.17) is 5.11 Å². The minimum atomic E-state index is -0.843. The SMILES string of the molecule is C[C@H]([O])[C@H](C)O. The van der Waals surface area contributed by atoms with Crippen LogP contribution < -0.4 is 0 Å². The molecule has 0 aromatic carbocycles. The fourth-order valence-electron chi connectivity index (χ4n) is 0. The van der Waals surface area contributed by atoms with Crippen molar-refractivity contribution in [1.29, 1.82) is 0 Å². The Morgan fingerprint density at radius 2 is 1.67 bits per heavy atom. The summed E-state index contributed by atoms with van der Waals surface area (Å²) in [5.74, 6) is 0. The molecule has 0 spiro atoms. The van der Waals surface area contributed by atoms with Crippen molar-refractivity contribution in [2.24, 2.45) is 0 Å². The summed E-state index contributed by atoms with van der Waals surface area (Å²) in [6, 6.07) is 0. The standard InChI is InChI=1S/C4H9O2/c1-3(5)4(2)6/h3-5H,1-2H3/t3-,4-/m0/s1. The smallest absolute Gasteiger partial charge is 0.116 e. The van der Waals surface area contributed by atoms with E-state index >= 15 is 0 Å². The third kappa shape index (κ3) is 2.18. The molecule has 0 bridgehead atoms. The maximum Gasteiger partial charge on any atom is 0.116 e. The predicted molar refractivity (Wildman–Crippen MR) is 21.8 cm³/mol. The fraction of sp³-hybridized carbons (Fsp3) is 1.00. The van der Waals surface area contributed by atoms with Crippen LogP contribution in [0.5, 0.6) is 0 Å². The van der Waals surface area contributed by atoms with Crippen molar-refractivity contribution in [3.63, 3.8) is 0 Å². The molecule has 2 atom stereocenters. The van der Waals surface area contributed by atoms with Crippen molar-refractivity contribution in [2.75, 3.05) is 0 Å². The van der Waals surface area contributed by atoms with E-state index in [0.29, 0.717) is 0 Å². The molecule has 1 N–H and O–H groups in total. The summed E-state index contributed by atoms with van der Waals surface area (Å²) in [5.41, 5.74) is 0. The molecule has 1 radical (unpaired) electrons. The lowest BCUT2D eigenvalue weighted by molar-refractivity contribution is -0.00321. The van der Waals surface area contributed by atoms with Gasteiger partial charge in [0.25, 0.3) is 0 Å². The van der Waals surface area contributed by atoms with Gasteiger partial charge >= 0.3 is 0 Å². The number of rotatable bonds is 1. The van der Waals surface area contributed by atoms with E-state index in [1.54, 1.807) is 0 Å². The summed E-state index contributed by atoms with van der Waals surface area (Å²) in [4.78, 5) is 0. The zero-order chi connectivity index (χ0) is 5.15. The predicted octanol–water partition coefficient (Wildman–Crippen LogP) is 0.186. The lowest BCUT2D eigenvalue weighted by Gasteiger charge is -2.00. The summed E-state index contributed by atoms with van der Waals surface area (Å²) in [6.45, 7) is 2.92. The van der Waals surface area contributed by atoms with Gasteiger partial charge in [0.2, 0.25) is 0 Å². The van der Waals surface area contributed by atoms with Gasteiger partial charge in [-0.3, -0.25) is 0 Å². The number of hydrogen-bond acceptors (Lipinski definition) is 1. The number of aliphatic hydroxyl groups excluding tert-OH is 1. The molecule has 2 nitrogen and oxygen atoms in total. The molecule has 0 fully saturated rings. The first-order valence-electron chi connectivity index (χ1n) is 1.98. The summed E-state index contributed by atoms with van der Waals surface area (Å²) >= 11 is 0. The van der Waals surface area contributed by atoms with Crippen molar-refractivity contribution in [1.82, 2.24) is 0 Å². The molecule has 0 rings (SSSR count). The second-order valence-electron chi connectivity index (χ2n) is 1.45. The monoisotopic (exact) mass is 89.1 g/mol. The third-order valence-electron chi connectivity index (χ3n) is 0.679. The molecule has 6 heavy (non-hydrogen) atoms. The second kappa shape index (κ2) is 2.16. The fourth-order valence-corrected chi connectivity index (χ4v) is 0. The minimum Gasteiger partial charge on any atom is -0.391 e. The zero-order valence-electron chi connectivity index (χ0n) is 4.01. The molecule has 0 aliphatic rings. The minimum absolute atomic E-state index is 0.704. The molecule has 0 unspecified atom stereocenters. The van der Waals surface area contributed by atoms with Crippen LogP contribution in [0.1, 0.15) is 13.8 Å². The summed E-state index contributed by atoms with van der Waals surface area (Å²) < 4.78 is 0. The topological polar surface area (TPSA) is 40.1 Å². The van der Waals surface area contributed by atoms with Gasteiger partial charge in [-0.25, -0.2) is 5.11 Å². The van der Waals surface area contributed by atoms with Crippen molar-refractivity contribution < 1.29 is 10.2 Å².